The number of hydrogen-bond acceptors (Lipinski definition) is 6. The Hall–Kier alpha value is -4.03. The zero-order valence-electron chi connectivity index (χ0n) is 16.9. The fourth-order valence-corrected chi connectivity index (χ4v) is 2.86. The third-order valence-corrected chi connectivity index (χ3v) is 4.47. The molecule has 0 spiro atoms. The largest absolute Gasteiger partial charge is 0.490 e. The van der Waals surface area contributed by atoms with Crippen LogP contribution in [0.1, 0.15) is 21.7 Å². The van der Waals surface area contributed by atoms with Gasteiger partial charge >= 0.3 is 12.1 Å². The molecule has 1 amide bonds. The number of aromatic nitrogens is 4. The van der Waals surface area contributed by atoms with Crippen molar-refractivity contribution in [2.45, 2.75) is 25.9 Å². The Morgan fingerprint density at radius 2 is 1.79 bits per heavy atom. The quantitative estimate of drug-likeness (QED) is 0.588. The van der Waals surface area contributed by atoms with Gasteiger partial charge in [-0.3, -0.25) is 4.79 Å². The Bertz CT molecular complexity index is 1120. The van der Waals surface area contributed by atoms with Gasteiger partial charge in [-0.25, -0.2) is 18.9 Å². The normalized spacial score (nSPS) is 12.9. The maximum absolute atomic E-state index is 13.9. The van der Waals surface area contributed by atoms with Gasteiger partial charge in [-0.15, -0.1) is 5.10 Å². The van der Waals surface area contributed by atoms with Gasteiger partial charge in [0.1, 0.15) is 18.1 Å². The molecule has 0 aliphatic carbocycles. The predicted octanol–water partition coefficient (Wildman–Crippen LogP) is 2.68. The molecule has 0 unspecified atom stereocenters. The molecular weight excluding hydrogens is 450 g/mol. The summed E-state index contributed by atoms with van der Waals surface area (Å²) in [7, 11) is 0. The zero-order chi connectivity index (χ0) is 24.0. The molecule has 2 aromatic heterocycles. The standard InChI is InChI=1S/C18H16FN5O2.C2HF3O2/c19-14-6-2-1-5-13(14)18(25)23-9-10-24-16(11-23)15(21-22-24)12-26-17-7-3-4-8-20-17;3-2(4,5)1(6)7/h1-8H,9-12H2;(H,6,7). The van der Waals surface area contributed by atoms with Crippen molar-refractivity contribution < 1.29 is 37.0 Å². The van der Waals surface area contributed by atoms with Gasteiger partial charge in [0.25, 0.3) is 5.91 Å². The number of benzene rings is 1. The predicted molar refractivity (Wildman–Crippen MR) is 103 cm³/mol. The first-order valence-corrected chi connectivity index (χ1v) is 9.46. The number of fused-ring (bicyclic) bond motifs is 1. The van der Waals surface area contributed by atoms with Crippen molar-refractivity contribution in [1.29, 1.82) is 0 Å². The lowest BCUT2D eigenvalue weighted by Crippen LogP contribution is -2.39. The molecule has 3 aromatic rings. The summed E-state index contributed by atoms with van der Waals surface area (Å²) in [6.07, 6.45) is -3.44. The highest BCUT2D eigenvalue weighted by Crippen LogP contribution is 2.19. The van der Waals surface area contributed by atoms with Crippen molar-refractivity contribution in [2.75, 3.05) is 6.54 Å². The third kappa shape index (κ3) is 6.02. The lowest BCUT2D eigenvalue weighted by Gasteiger charge is -2.28. The van der Waals surface area contributed by atoms with Gasteiger partial charge in [-0.05, 0) is 18.2 Å². The number of hydrogen-bond donors (Lipinski definition) is 1. The number of carbonyl (C=O) groups is 2. The number of rotatable bonds is 4. The summed E-state index contributed by atoms with van der Waals surface area (Å²) in [6, 6.07) is 11.4. The van der Waals surface area contributed by atoms with Crippen LogP contribution in [0.2, 0.25) is 0 Å². The van der Waals surface area contributed by atoms with E-state index in [9.17, 15) is 22.4 Å². The van der Waals surface area contributed by atoms with Crippen LogP contribution >= 0.6 is 0 Å². The summed E-state index contributed by atoms with van der Waals surface area (Å²) in [5.74, 6) is -3.13. The van der Waals surface area contributed by atoms with Crippen LogP contribution in [-0.2, 0) is 24.5 Å². The van der Waals surface area contributed by atoms with E-state index in [2.05, 4.69) is 15.3 Å². The molecule has 33 heavy (non-hydrogen) atoms. The van der Waals surface area contributed by atoms with E-state index in [0.29, 0.717) is 31.2 Å². The van der Waals surface area contributed by atoms with Crippen LogP contribution in [0, 0.1) is 5.82 Å². The number of pyridine rings is 1. The van der Waals surface area contributed by atoms with Crippen LogP contribution in [0.5, 0.6) is 5.88 Å². The molecule has 3 heterocycles. The molecule has 0 saturated heterocycles. The van der Waals surface area contributed by atoms with Crippen molar-refractivity contribution in [1.82, 2.24) is 24.9 Å². The first kappa shape index (κ1) is 23.6. The molecule has 1 N–H and O–H groups in total. The van der Waals surface area contributed by atoms with E-state index in [4.69, 9.17) is 14.6 Å². The average Bonchev–Trinajstić information content (AvgIpc) is 3.20. The highest BCUT2D eigenvalue weighted by atomic mass is 19.4. The van der Waals surface area contributed by atoms with Gasteiger partial charge in [0, 0.05) is 18.8 Å². The van der Waals surface area contributed by atoms with Gasteiger partial charge in [0.05, 0.1) is 24.3 Å². The molecule has 0 radical (unpaired) electrons. The molecule has 0 fully saturated rings. The first-order chi connectivity index (χ1) is 15.7. The summed E-state index contributed by atoms with van der Waals surface area (Å²) in [6.45, 7) is 1.46. The molecule has 9 nitrogen and oxygen atoms in total. The van der Waals surface area contributed by atoms with Gasteiger partial charge in [0.2, 0.25) is 5.88 Å². The number of carboxylic acid groups (broad SMARTS) is 1. The fourth-order valence-electron chi connectivity index (χ4n) is 2.86. The molecular formula is C20H17F4N5O4. The highest BCUT2D eigenvalue weighted by molar-refractivity contribution is 5.94. The summed E-state index contributed by atoms with van der Waals surface area (Å²) in [5, 5.41) is 15.4. The molecule has 0 saturated carbocycles. The van der Waals surface area contributed by atoms with E-state index in [1.54, 1.807) is 40.0 Å². The van der Waals surface area contributed by atoms with E-state index < -0.39 is 18.0 Å². The number of carbonyl (C=O) groups excluding carboxylic acids is 1. The maximum atomic E-state index is 13.9. The van der Waals surface area contributed by atoms with Crippen LogP contribution < -0.4 is 4.74 Å². The number of carboxylic acids is 1. The number of amides is 1. The van der Waals surface area contributed by atoms with Crippen molar-refractivity contribution in [2.24, 2.45) is 0 Å². The lowest BCUT2D eigenvalue weighted by molar-refractivity contribution is -0.192. The Morgan fingerprint density at radius 3 is 2.42 bits per heavy atom. The SMILES string of the molecule is O=C(O)C(F)(F)F.O=C(c1ccccc1F)N1CCn2nnc(COc3ccccn3)c2C1. The first-order valence-electron chi connectivity index (χ1n) is 9.46. The molecule has 1 aliphatic heterocycles. The van der Waals surface area contributed by atoms with E-state index in [-0.39, 0.29) is 18.1 Å². The molecule has 13 heteroatoms. The van der Waals surface area contributed by atoms with Crippen LogP contribution in [0.15, 0.2) is 48.7 Å². The van der Waals surface area contributed by atoms with Gasteiger partial charge in [-0.1, -0.05) is 23.4 Å². The van der Waals surface area contributed by atoms with Gasteiger partial charge in [-0.2, -0.15) is 13.2 Å². The second kappa shape index (κ2) is 10.1. The summed E-state index contributed by atoms with van der Waals surface area (Å²) < 4.78 is 53.0. The van der Waals surface area contributed by atoms with Gasteiger partial charge in [0.15, 0.2) is 0 Å². The minimum absolute atomic E-state index is 0.0692. The minimum Gasteiger partial charge on any atom is -0.475 e. The fraction of sp³-hybridized carbons (Fsp3) is 0.250. The Balaban J connectivity index is 0.000000383. The van der Waals surface area contributed by atoms with E-state index in [0.717, 1.165) is 5.69 Å². The smallest absolute Gasteiger partial charge is 0.475 e. The summed E-state index contributed by atoms with van der Waals surface area (Å²) in [4.78, 5) is 27.2. The number of nitrogens with zero attached hydrogens (tertiary/aromatic N) is 5. The van der Waals surface area contributed by atoms with Crippen molar-refractivity contribution >= 4 is 11.9 Å². The number of aliphatic carboxylic acids is 1. The minimum atomic E-state index is -5.08. The molecule has 1 aliphatic rings. The van der Waals surface area contributed by atoms with Crippen LogP contribution in [0.4, 0.5) is 17.6 Å². The molecule has 174 valence electrons. The molecule has 0 atom stereocenters. The molecule has 0 bridgehead atoms. The van der Waals surface area contributed by atoms with Gasteiger partial charge < -0.3 is 14.7 Å². The van der Waals surface area contributed by atoms with Crippen LogP contribution in [0.3, 0.4) is 0 Å². The number of alkyl halides is 3. The monoisotopic (exact) mass is 467 g/mol. The number of halogens is 4. The Kier molecular flexibility index (Phi) is 7.20. The van der Waals surface area contributed by atoms with E-state index in [1.165, 1.54) is 12.1 Å². The zero-order valence-corrected chi connectivity index (χ0v) is 16.9. The van der Waals surface area contributed by atoms with Crippen molar-refractivity contribution in [3.8, 4) is 5.88 Å². The maximum Gasteiger partial charge on any atom is 0.490 e. The molecule has 4 rings (SSSR count). The second-order valence-electron chi connectivity index (χ2n) is 6.67. The Labute approximate surface area is 184 Å². The second-order valence-corrected chi connectivity index (χ2v) is 6.67. The van der Waals surface area contributed by atoms with E-state index >= 15 is 0 Å². The van der Waals surface area contributed by atoms with Crippen LogP contribution in [0.25, 0.3) is 0 Å². The summed E-state index contributed by atoms with van der Waals surface area (Å²) >= 11 is 0. The summed E-state index contributed by atoms with van der Waals surface area (Å²) in [5.41, 5.74) is 1.50. The third-order valence-electron chi connectivity index (χ3n) is 4.47. The van der Waals surface area contributed by atoms with E-state index in [1.807, 2.05) is 6.07 Å². The van der Waals surface area contributed by atoms with Crippen molar-refractivity contribution in [3.05, 3.63) is 71.4 Å². The highest BCUT2D eigenvalue weighted by Gasteiger charge is 2.38. The topological polar surface area (TPSA) is 110 Å². The molecule has 1 aromatic carbocycles. The van der Waals surface area contributed by atoms with Crippen LogP contribution in [-0.4, -0.2) is 54.6 Å². The number of ether oxygens (including phenoxy) is 1. The van der Waals surface area contributed by atoms with Crippen molar-refractivity contribution in [3.63, 3.8) is 0 Å². The lowest BCUT2D eigenvalue weighted by atomic mass is 10.1. The Morgan fingerprint density at radius 1 is 1.09 bits per heavy atom. The average molecular weight is 467 g/mol.